The zero-order valence-electron chi connectivity index (χ0n) is 13.7. The van der Waals surface area contributed by atoms with Gasteiger partial charge in [-0.3, -0.25) is 4.79 Å². The maximum absolute atomic E-state index is 11.3. The number of hydrogen-bond acceptors (Lipinski definition) is 5. The maximum atomic E-state index is 11.3. The first-order valence-electron chi connectivity index (χ1n) is 7.73. The van der Waals surface area contributed by atoms with Crippen LogP contribution in [0.1, 0.15) is 50.9 Å². The first-order valence-corrected chi connectivity index (χ1v) is 7.73. The lowest BCUT2D eigenvalue weighted by Crippen LogP contribution is -2.27. The molecule has 0 aliphatic carbocycles. The van der Waals surface area contributed by atoms with Crippen molar-refractivity contribution < 1.29 is 9.53 Å². The number of aromatic amines is 1. The Morgan fingerprint density at radius 3 is 2.70 bits per heavy atom. The van der Waals surface area contributed by atoms with Gasteiger partial charge in [-0.25, -0.2) is 9.97 Å². The molecule has 1 aliphatic heterocycles. The van der Waals surface area contributed by atoms with Crippen LogP contribution in [-0.4, -0.2) is 34.0 Å². The second-order valence-corrected chi connectivity index (χ2v) is 6.31. The fourth-order valence-corrected chi connectivity index (χ4v) is 3.10. The van der Waals surface area contributed by atoms with Gasteiger partial charge in [-0.05, 0) is 57.3 Å². The van der Waals surface area contributed by atoms with Crippen molar-refractivity contribution in [2.45, 2.75) is 45.1 Å². The summed E-state index contributed by atoms with van der Waals surface area (Å²) in [7, 11) is 0. The van der Waals surface area contributed by atoms with E-state index in [0.29, 0.717) is 17.4 Å². The zero-order valence-corrected chi connectivity index (χ0v) is 14.5. The Hall–Kier alpha value is -1.66. The highest BCUT2D eigenvalue weighted by Gasteiger charge is 2.29. The number of carbonyl (C=O) groups is 1. The average molecular weight is 339 g/mol. The highest BCUT2D eigenvalue weighted by atomic mass is 35.5. The van der Waals surface area contributed by atoms with Crippen LogP contribution in [0.3, 0.4) is 0 Å². The number of carbonyl (C=O) groups excluding carboxylic acids is 1. The summed E-state index contributed by atoms with van der Waals surface area (Å²) >= 11 is 0. The van der Waals surface area contributed by atoms with Gasteiger partial charge >= 0.3 is 5.97 Å². The lowest BCUT2D eigenvalue weighted by Gasteiger charge is -2.23. The van der Waals surface area contributed by atoms with Crippen LogP contribution in [0.4, 0.5) is 0 Å². The zero-order chi connectivity index (χ0) is 15.7. The third-order valence-electron chi connectivity index (χ3n) is 4.17. The molecular weight excluding hydrogens is 316 g/mol. The number of ether oxygens (including phenoxy) is 1. The summed E-state index contributed by atoms with van der Waals surface area (Å²) in [6, 6.07) is 2.07. The van der Waals surface area contributed by atoms with E-state index in [-0.39, 0.29) is 18.4 Å². The number of imidazole rings is 1. The first-order chi connectivity index (χ1) is 10.5. The second-order valence-electron chi connectivity index (χ2n) is 6.31. The van der Waals surface area contributed by atoms with Crippen LogP contribution in [-0.2, 0) is 15.1 Å². The number of esters is 1. The number of nitrogens with zero attached hydrogens (tertiary/aromatic N) is 2. The molecule has 3 heterocycles. The molecule has 0 unspecified atom stereocenters. The van der Waals surface area contributed by atoms with Gasteiger partial charge in [-0.1, -0.05) is 0 Å². The summed E-state index contributed by atoms with van der Waals surface area (Å²) in [4.78, 5) is 23.5. The Morgan fingerprint density at radius 1 is 1.35 bits per heavy atom. The molecule has 7 heteroatoms. The van der Waals surface area contributed by atoms with Gasteiger partial charge in [0.1, 0.15) is 0 Å². The molecule has 6 nitrogen and oxygen atoms in total. The van der Waals surface area contributed by atoms with Gasteiger partial charge in [0.25, 0.3) is 0 Å². The molecule has 2 N–H and O–H groups in total. The molecule has 0 aromatic carbocycles. The number of hydrogen-bond donors (Lipinski definition) is 2. The van der Waals surface area contributed by atoms with E-state index in [0.717, 1.165) is 31.4 Å². The van der Waals surface area contributed by atoms with E-state index in [1.807, 2.05) is 20.0 Å². The SMILES string of the molecule is CC(=O)OC(C)(C)c1nc2nccc(C3CCNCC3)c2[nH]1.Cl. The minimum Gasteiger partial charge on any atom is -0.452 e. The number of H-pyrrole nitrogens is 1. The summed E-state index contributed by atoms with van der Waals surface area (Å²) in [5.41, 5.74) is 2.11. The Morgan fingerprint density at radius 2 is 2.04 bits per heavy atom. The van der Waals surface area contributed by atoms with Crippen LogP contribution < -0.4 is 5.32 Å². The fourth-order valence-electron chi connectivity index (χ4n) is 3.10. The van der Waals surface area contributed by atoms with Crippen molar-refractivity contribution in [3.8, 4) is 0 Å². The lowest BCUT2D eigenvalue weighted by molar-refractivity contribution is -0.155. The fraction of sp³-hybridized carbons (Fsp3) is 0.562. The first kappa shape index (κ1) is 17.7. The molecule has 23 heavy (non-hydrogen) atoms. The summed E-state index contributed by atoms with van der Waals surface area (Å²) in [6.45, 7) is 7.14. The molecule has 1 aliphatic rings. The third kappa shape index (κ3) is 3.64. The molecule has 126 valence electrons. The third-order valence-corrected chi connectivity index (χ3v) is 4.17. The molecule has 0 bridgehead atoms. The Bertz CT molecular complexity index is 692. The van der Waals surface area contributed by atoms with Crippen molar-refractivity contribution in [3.05, 3.63) is 23.7 Å². The van der Waals surface area contributed by atoms with Crippen LogP contribution in [0.2, 0.25) is 0 Å². The van der Waals surface area contributed by atoms with E-state index in [1.165, 1.54) is 12.5 Å². The topological polar surface area (TPSA) is 79.9 Å². The van der Waals surface area contributed by atoms with E-state index in [2.05, 4.69) is 26.3 Å². The number of aromatic nitrogens is 3. The standard InChI is InChI=1S/C16H22N4O2.ClH/c1-10(21)22-16(2,3)15-19-13-12(6-9-18-14(13)20-15)11-4-7-17-8-5-11;/h6,9,11,17H,4-5,7-8H2,1-3H3,(H,18,19,20);1H. The van der Waals surface area contributed by atoms with Crippen molar-refractivity contribution >= 4 is 29.5 Å². The number of pyridine rings is 1. The quantitative estimate of drug-likeness (QED) is 0.841. The van der Waals surface area contributed by atoms with E-state index in [1.54, 1.807) is 0 Å². The van der Waals surface area contributed by atoms with E-state index in [4.69, 9.17) is 4.74 Å². The molecule has 2 aromatic heterocycles. The molecule has 0 saturated carbocycles. The Balaban J connectivity index is 0.00000192. The van der Waals surface area contributed by atoms with Crippen molar-refractivity contribution in [2.75, 3.05) is 13.1 Å². The molecule has 2 aromatic rings. The number of halogens is 1. The molecule has 0 atom stereocenters. The summed E-state index contributed by atoms with van der Waals surface area (Å²) < 4.78 is 5.37. The van der Waals surface area contributed by atoms with Gasteiger partial charge in [0, 0.05) is 13.1 Å². The molecule has 0 spiro atoms. The van der Waals surface area contributed by atoms with Crippen LogP contribution >= 0.6 is 12.4 Å². The Labute approximate surface area is 141 Å². The monoisotopic (exact) mass is 338 g/mol. The van der Waals surface area contributed by atoms with Crippen molar-refractivity contribution in [2.24, 2.45) is 0 Å². The lowest BCUT2D eigenvalue weighted by atomic mass is 9.90. The largest absolute Gasteiger partial charge is 0.452 e. The molecule has 0 radical (unpaired) electrons. The minimum atomic E-state index is -0.794. The van der Waals surface area contributed by atoms with Crippen LogP contribution in [0, 0.1) is 0 Å². The van der Waals surface area contributed by atoms with Crippen molar-refractivity contribution in [1.82, 2.24) is 20.3 Å². The number of rotatable bonds is 3. The van der Waals surface area contributed by atoms with Gasteiger partial charge in [0.15, 0.2) is 17.1 Å². The summed E-state index contributed by atoms with van der Waals surface area (Å²) in [5, 5.41) is 3.38. The van der Waals surface area contributed by atoms with E-state index >= 15 is 0 Å². The van der Waals surface area contributed by atoms with Crippen molar-refractivity contribution in [1.29, 1.82) is 0 Å². The average Bonchev–Trinajstić information content (AvgIpc) is 2.91. The summed E-state index contributed by atoms with van der Waals surface area (Å²) in [5.74, 6) is 0.820. The normalized spacial score (nSPS) is 16.1. The predicted molar refractivity (Wildman–Crippen MR) is 90.8 cm³/mol. The molecule has 3 rings (SSSR count). The number of nitrogens with one attached hydrogen (secondary N) is 2. The molecule has 1 fully saturated rings. The van der Waals surface area contributed by atoms with Gasteiger partial charge < -0.3 is 15.0 Å². The Kier molecular flexibility index (Phi) is 5.26. The van der Waals surface area contributed by atoms with Gasteiger partial charge in [0.05, 0.1) is 5.52 Å². The summed E-state index contributed by atoms with van der Waals surface area (Å²) in [6.07, 6.45) is 4.03. The smallest absolute Gasteiger partial charge is 0.303 e. The van der Waals surface area contributed by atoms with E-state index < -0.39 is 5.60 Å². The number of piperidine rings is 1. The second kappa shape index (κ2) is 6.84. The minimum absolute atomic E-state index is 0. The molecule has 0 amide bonds. The van der Waals surface area contributed by atoms with Crippen molar-refractivity contribution in [3.63, 3.8) is 0 Å². The van der Waals surface area contributed by atoms with Gasteiger partial charge in [0.2, 0.25) is 0 Å². The highest BCUT2D eigenvalue weighted by Crippen LogP contribution is 2.31. The van der Waals surface area contributed by atoms with Gasteiger partial charge in [-0.2, -0.15) is 0 Å². The van der Waals surface area contributed by atoms with Crippen LogP contribution in [0.5, 0.6) is 0 Å². The van der Waals surface area contributed by atoms with Gasteiger partial charge in [-0.15, -0.1) is 12.4 Å². The highest BCUT2D eigenvalue weighted by molar-refractivity contribution is 5.85. The number of fused-ring (bicyclic) bond motifs is 1. The van der Waals surface area contributed by atoms with Crippen LogP contribution in [0.25, 0.3) is 11.2 Å². The molecule has 1 saturated heterocycles. The predicted octanol–water partition coefficient (Wildman–Crippen LogP) is 2.64. The van der Waals surface area contributed by atoms with E-state index in [9.17, 15) is 4.79 Å². The van der Waals surface area contributed by atoms with Crippen LogP contribution in [0.15, 0.2) is 12.3 Å². The maximum Gasteiger partial charge on any atom is 0.303 e. The molecular formula is C16H23ClN4O2.